The maximum atomic E-state index is 13.2. The van der Waals surface area contributed by atoms with Crippen LogP contribution in [-0.2, 0) is 9.59 Å². The Morgan fingerprint density at radius 1 is 0.902 bits per heavy atom. The number of anilines is 3. The number of aromatic nitrogens is 1. The molecule has 0 spiro atoms. The summed E-state index contributed by atoms with van der Waals surface area (Å²) in [5, 5.41) is 9.74. The summed E-state index contributed by atoms with van der Waals surface area (Å²) in [6.45, 7) is 3.61. The summed E-state index contributed by atoms with van der Waals surface area (Å²) in [5.41, 5.74) is 1.66. The zero-order valence-electron chi connectivity index (χ0n) is 22.6. The smallest absolute Gasteiger partial charge is 0.240 e. The first-order chi connectivity index (χ1) is 19.9. The minimum Gasteiger partial charge on any atom is -0.495 e. The van der Waals surface area contributed by atoms with Gasteiger partial charge in [0.1, 0.15) is 28.5 Å². The van der Waals surface area contributed by atoms with E-state index in [0.29, 0.717) is 35.7 Å². The van der Waals surface area contributed by atoms with Gasteiger partial charge in [-0.2, -0.15) is 0 Å². The van der Waals surface area contributed by atoms with Gasteiger partial charge < -0.3 is 30.3 Å². The molecule has 1 saturated carbocycles. The maximum absolute atomic E-state index is 13.2. The molecule has 2 aliphatic rings. The van der Waals surface area contributed by atoms with Crippen LogP contribution in [0.25, 0.3) is 10.9 Å². The lowest BCUT2D eigenvalue weighted by Crippen LogP contribution is -2.43. The molecular weight excluding hydrogens is 525 g/mol. The Morgan fingerprint density at radius 3 is 2.15 bits per heavy atom. The van der Waals surface area contributed by atoms with Crippen molar-refractivity contribution in [2.45, 2.75) is 12.8 Å². The van der Waals surface area contributed by atoms with Crippen molar-refractivity contribution in [3.05, 3.63) is 78.7 Å². The normalized spacial score (nSPS) is 15.7. The molecule has 3 N–H and O–H groups in total. The average molecular weight is 556 g/mol. The molecule has 1 aromatic heterocycles. The number of carbonyl (C=O) groups is 2. The lowest BCUT2D eigenvalue weighted by atomic mass is 10.0. The fourth-order valence-electron chi connectivity index (χ4n) is 4.99. The molecule has 2 heterocycles. The van der Waals surface area contributed by atoms with Gasteiger partial charge in [0.25, 0.3) is 0 Å². The van der Waals surface area contributed by atoms with E-state index in [0.717, 1.165) is 48.5 Å². The molecule has 1 aliphatic carbocycles. The molecule has 1 saturated heterocycles. The van der Waals surface area contributed by atoms with Crippen LogP contribution in [0.1, 0.15) is 12.8 Å². The summed E-state index contributed by atoms with van der Waals surface area (Å²) in [6.07, 6.45) is 2.61. The number of pyridine rings is 1. The summed E-state index contributed by atoms with van der Waals surface area (Å²) in [6, 6.07) is 18.2. The lowest BCUT2D eigenvalue weighted by Gasteiger charge is -2.30. The highest BCUT2D eigenvalue weighted by Gasteiger charge is 2.56. The van der Waals surface area contributed by atoms with E-state index in [4.69, 9.17) is 9.47 Å². The third-order valence-electron chi connectivity index (χ3n) is 7.52. The predicted octanol–water partition coefficient (Wildman–Crippen LogP) is 4.94. The Labute approximate surface area is 236 Å². The molecule has 0 atom stereocenters. The standard InChI is InChI=1S/C31H30FN5O4/c1-40-28-18-24-25(19-26(28)37-16-14-33-15-17-37)34-13-10-27(24)41-23-8-6-22(7-9-23)36-30(39)31(11-12-31)29(38)35-21-4-2-20(32)3-5-21/h2-10,13,18-19,33H,11-12,14-17H2,1H3,(H,35,38)(H,36,39). The van der Waals surface area contributed by atoms with Crippen molar-refractivity contribution in [3.8, 4) is 17.2 Å². The molecule has 41 heavy (non-hydrogen) atoms. The second-order valence-electron chi connectivity index (χ2n) is 10.2. The highest BCUT2D eigenvalue weighted by Crippen LogP contribution is 2.47. The van der Waals surface area contributed by atoms with Crippen molar-refractivity contribution in [3.63, 3.8) is 0 Å². The van der Waals surface area contributed by atoms with Crippen LogP contribution in [0.3, 0.4) is 0 Å². The number of rotatable bonds is 8. The van der Waals surface area contributed by atoms with Crippen LogP contribution in [-0.4, -0.2) is 50.1 Å². The van der Waals surface area contributed by atoms with Gasteiger partial charge >= 0.3 is 0 Å². The molecule has 9 nitrogen and oxygen atoms in total. The van der Waals surface area contributed by atoms with Crippen LogP contribution in [0.5, 0.6) is 17.2 Å². The number of benzene rings is 3. The van der Waals surface area contributed by atoms with Crippen molar-refractivity contribution in [1.82, 2.24) is 10.3 Å². The number of ether oxygens (including phenoxy) is 2. The number of carbonyl (C=O) groups excluding carboxylic acids is 2. The second kappa shape index (κ2) is 11.1. The number of nitrogens with one attached hydrogen (secondary N) is 3. The van der Waals surface area contributed by atoms with E-state index in [1.807, 2.05) is 12.1 Å². The molecule has 0 bridgehead atoms. The van der Waals surface area contributed by atoms with E-state index in [-0.39, 0.29) is 5.91 Å². The van der Waals surface area contributed by atoms with Gasteiger partial charge in [0.15, 0.2) is 0 Å². The number of piperazine rings is 1. The Balaban J connectivity index is 1.14. The summed E-state index contributed by atoms with van der Waals surface area (Å²) in [4.78, 5) is 32.7. The van der Waals surface area contributed by atoms with Crippen molar-refractivity contribution in [2.75, 3.05) is 48.8 Å². The first-order valence-electron chi connectivity index (χ1n) is 13.5. The van der Waals surface area contributed by atoms with Crippen molar-refractivity contribution in [2.24, 2.45) is 5.41 Å². The van der Waals surface area contributed by atoms with Crippen molar-refractivity contribution >= 4 is 39.8 Å². The largest absolute Gasteiger partial charge is 0.495 e. The van der Waals surface area contributed by atoms with E-state index in [2.05, 4.69) is 25.8 Å². The molecule has 4 aromatic rings. The molecule has 1 aliphatic heterocycles. The van der Waals surface area contributed by atoms with Gasteiger partial charge in [0.2, 0.25) is 11.8 Å². The number of amides is 2. The predicted molar refractivity (Wildman–Crippen MR) is 155 cm³/mol. The van der Waals surface area contributed by atoms with E-state index < -0.39 is 17.1 Å². The fourth-order valence-corrected chi connectivity index (χ4v) is 4.99. The summed E-state index contributed by atoms with van der Waals surface area (Å²) >= 11 is 0. The third kappa shape index (κ3) is 5.51. The Kier molecular flexibility index (Phi) is 7.15. The molecule has 3 aromatic carbocycles. The quantitative estimate of drug-likeness (QED) is 0.265. The SMILES string of the molecule is COc1cc2c(Oc3ccc(NC(=O)C4(C(=O)Nc5ccc(F)cc5)CC4)cc3)ccnc2cc1N1CCNCC1. The molecule has 0 radical (unpaired) electrons. The number of methoxy groups -OCH3 is 1. The fraction of sp³-hybridized carbons (Fsp3) is 0.258. The lowest BCUT2D eigenvalue weighted by molar-refractivity contribution is -0.131. The van der Waals surface area contributed by atoms with E-state index in [9.17, 15) is 14.0 Å². The molecule has 6 rings (SSSR count). The molecule has 2 fully saturated rings. The highest BCUT2D eigenvalue weighted by atomic mass is 19.1. The van der Waals surface area contributed by atoms with Gasteiger partial charge in [-0.3, -0.25) is 14.6 Å². The monoisotopic (exact) mass is 555 g/mol. The molecular formula is C31H30FN5O4. The number of fused-ring (bicyclic) bond motifs is 1. The number of nitrogens with zero attached hydrogens (tertiary/aromatic N) is 2. The summed E-state index contributed by atoms with van der Waals surface area (Å²) < 4.78 is 25.1. The van der Waals surface area contributed by atoms with Crippen molar-refractivity contribution < 1.29 is 23.5 Å². The number of halogens is 1. The molecule has 210 valence electrons. The molecule has 10 heteroatoms. The van der Waals surface area contributed by atoms with Crippen LogP contribution in [0, 0.1) is 11.2 Å². The number of hydrogen-bond donors (Lipinski definition) is 3. The zero-order chi connectivity index (χ0) is 28.4. The van der Waals surface area contributed by atoms with Gasteiger partial charge in [-0.1, -0.05) is 0 Å². The molecule has 0 unspecified atom stereocenters. The summed E-state index contributed by atoms with van der Waals surface area (Å²) in [5.74, 6) is 0.793. The van der Waals surface area contributed by atoms with Crippen LogP contribution in [0.4, 0.5) is 21.5 Å². The van der Waals surface area contributed by atoms with Crippen LogP contribution < -0.4 is 30.3 Å². The Morgan fingerprint density at radius 2 is 1.54 bits per heavy atom. The first-order valence-corrected chi connectivity index (χ1v) is 13.5. The van der Waals surface area contributed by atoms with E-state index in [1.54, 1.807) is 43.6 Å². The van der Waals surface area contributed by atoms with Gasteiger partial charge in [0.05, 0.1) is 18.3 Å². The van der Waals surface area contributed by atoms with Crippen LogP contribution in [0.2, 0.25) is 0 Å². The van der Waals surface area contributed by atoms with Gasteiger partial charge in [-0.05, 0) is 79.6 Å². The van der Waals surface area contributed by atoms with Gasteiger partial charge in [0, 0.05) is 49.1 Å². The van der Waals surface area contributed by atoms with Crippen molar-refractivity contribution in [1.29, 1.82) is 0 Å². The van der Waals surface area contributed by atoms with Crippen LogP contribution >= 0.6 is 0 Å². The minimum absolute atomic E-state index is 0.377. The van der Waals surface area contributed by atoms with Gasteiger partial charge in [-0.25, -0.2) is 4.39 Å². The zero-order valence-corrected chi connectivity index (χ0v) is 22.6. The summed E-state index contributed by atoms with van der Waals surface area (Å²) in [7, 11) is 1.66. The topological polar surface area (TPSA) is 105 Å². The van der Waals surface area contributed by atoms with E-state index in [1.165, 1.54) is 24.3 Å². The number of hydrogen-bond acceptors (Lipinski definition) is 7. The average Bonchev–Trinajstić information content (AvgIpc) is 3.82. The minimum atomic E-state index is -1.14. The Bertz CT molecular complexity index is 1580. The Hall–Kier alpha value is -4.70. The second-order valence-corrected chi connectivity index (χ2v) is 10.2. The third-order valence-corrected chi connectivity index (χ3v) is 7.52. The highest BCUT2D eigenvalue weighted by molar-refractivity contribution is 6.16. The molecule has 2 amide bonds. The van der Waals surface area contributed by atoms with Crippen LogP contribution in [0.15, 0.2) is 72.9 Å². The maximum Gasteiger partial charge on any atom is 0.240 e. The first kappa shape index (κ1) is 26.5. The van der Waals surface area contributed by atoms with E-state index >= 15 is 0 Å². The van der Waals surface area contributed by atoms with Gasteiger partial charge in [-0.15, -0.1) is 0 Å².